The zero-order valence-corrected chi connectivity index (χ0v) is 30.0. The zero-order valence-electron chi connectivity index (χ0n) is 30.0. The Hall–Kier alpha value is -5.80. The van der Waals surface area contributed by atoms with Crippen molar-refractivity contribution in [1.29, 1.82) is 5.26 Å². The Morgan fingerprint density at radius 3 is 1.38 bits per heavy atom. The number of alkyl halides is 3. The molecule has 2 aromatic heterocycles. The summed E-state index contributed by atoms with van der Waals surface area (Å²) in [5.41, 5.74) is 6.86. The Balaban J connectivity index is 1.59. The summed E-state index contributed by atoms with van der Waals surface area (Å²) in [7, 11) is 0. The lowest BCUT2D eigenvalue weighted by Gasteiger charge is -2.23. The molecule has 8 rings (SSSR count). The van der Waals surface area contributed by atoms with Crippen LogP contribution in [0.25, 0.3) is 66.1 Å². The van der Waals surface area contributed by atoms with Crippen LogP contribution in [0.4, 0.5) is 13.2 Å². The van der Waals surface area contributed by atoms with Gasteiger partial charge in [0.05, 0.1) is 50.6 Å². The van der Waals surface area contributed by atoms with E-state index in [4.69, 9.17) is 0 Å². The summed E-state index contributed by atoms with van der Waals surface area (Å²) in [6, 6.07) is 40.3. The van der Waals surface area contributed by atoms with E-state index in [1.165, 1.54) is 12.1 Å². The van der Waals surface area contributed by atoms with Gasteiger partial charge < -0.3 is 9.13 Å². The molecular formula is C46H38F3N3. The molecule has 3 nitrogen and oxygen atoms in total. The number of aromatic nitrogens is 2. The van der Waals surface area contributed by atoms with Crippen LogP contribution in [0.15, 0.2) is 121 Å². The van der Waals surface area contributed by atoms with Crippen molar-refractivity contribution in [2.24, 2.45) is 0 Å². The van der Waals surface area contributed by atoms with Crippen LogP contribution in [0.1, 0.15) is 63.8 Å². The van der Waals surface area contributed by atoms with Gasteiger partial charge in [-0.1, -0.05) is 102 Å². The van der Waals surface area contributed by atoms with E-state index in [1.54, 1.807) is 18.2 Å². The number of nitriles is 1. The summed E-state index contributed by atoms with van der Waals surface area (Å²) in [5.74, 6) is 0. The van der Waals surface area contributed by atoms with Crippen molar-refractivity contribution in [2.75, 3.05) is 0 Å². The number of hydrogen-bond acceptors (Lipinski definition) is 1. The fourth-order valence-corrected chi connectivity index (χ4v) is 7.57. The average Bonchev–Trinajstić information content (AvgIpc) is 3.62. The molecule has 0 aliphatic carbocycles. The molecule has 0 aliphatic heterocycles. The Morgan fingerprint density at radius 2 is 0.942 bits per heavy atom. The van der Waals surface area contributed by atoms with Gasteiger partial charge in [-0.25, -0.2) is 0 Å². The van der Waals surface area contributed by atoms with Gasteiger partial charge in [-0.2, -0.15) is 18.4 Å². The molecule has 0 atom stereocenters. The van der Waals surface area contributed by atoms with E-state index in [0.29, 0.717) is 28.1 Å². The third-order valence-electron chi connectivity index (χ3n) is 10.3. The number of halogens is 3. The Morgan fingerprint density at radius 1 is 0.481 bits per heavy atom. The highest BCUT2D eigenvalue weighted by atomic mass is 19.4. The van der Waals surface area contributed by atoms with Crippen molar-refractivity contribution >= 4 is 43.6 Å². The highest BCUT2D eigenvalue weighted by Gasteiger charge is 2.34. The van der Waals surface area contributed by atoms with Gasteiger partial charge >= 0.3 is 6.18 Å². The molecular weight excluding hydrogens is 652 g/mol. The van der Waals surface area contributed by atoms with Crippen molar-refractivity contribution < 1.29 is 13.2 Å². The van der Waals surface area contributed by atoms with E-state index >= 15 is 13.2 Å². The van der Waals surface area contributed by atoms with Gasteiger partial charge in [0, 0.05) is 27.1 Å². The van der Waals surface area contributed by atoms with Crippen LogP contribution in [0, 0.1) is 11.3 Å². The third-order valence-corrected chi connectivity index (χ3v) is 10.3. The lowest BCUT2D eigenvalue weighted by molar-refractivity contribution is -0.137. The van der Waals surface area contributed by atoms with E-state index < -0.39 is 11.7 Å². The molecule has 0 fully saturated rings. The molecule has 0 aliphatic rings. The zero-order chi connectivity index (χ0) is 36.7. The number of nitrogens with zero attached hydrogens (tertiary/aromatic N) is 3. The van der Waals surface area contributed by atoms with Gasteiger partial charge in [0.15, 0.2) is 0 Å². The molecule has 6 aromatic carbocycles. The van der Waals surface area contributed by atoms with Crippen molar-refractivity contribution in [1.82, 2.24) is 9.13 Å². The lowest BCUT2D eigenvalue weighted by atomic mass is 9.86. The van der Waals surface area contributed by atoms with Gasteiger partial charge in [0.25, 0.3) is 0 Å². The van der Waals surface area contributed by atoms with E-state index in [9.17, 15) is 5.26 Å². The summed E-state index contributed by atoms with van der Waals surface area (Å²) in [5, 5.41) is 13.8. The molecule has 0 saturated carbocycles. The molecule has 52 heavy (non-hydrogen) atoms. The van der Waals surface area contributed by atoms with Crippen molar-refractivity contribution in [3.8, 4) is 28.6 Å². The second kappa shape index (κ2) is 11.6. The predicted octanol–water partition coefficient (Wildman–Crippen LogP) is 13.0. The molecule has 6 heteroatoms. The molecule has 0 amide bonds. The van der Waals surface area contributed by atoms with Crippen molar-refractivity contribution in [3.63, 3.8) is 0 Å². The number of benzene rings is 6. The minimum atomic E-state index is -4.65. The van der Waals surface area contributed by atoms with Crippen LogP contribution in [0.2, 0.25) is 0 Å². The monoisotopic (exact) mass is 689 g/mol. The smallest absolute Gasteiger partial charge is 0.309 e. The minimum Gasteiger partial charge on any atom is -0.309 e. The first-order valence-corrected chi connectivity index (χ1v) is 17.5. The Kier molecular flexibility index (Phi) is 7.45. The van der Waals surface area contributed by atoms with Gasteiger partial charge in [0.1, 0.15) is 0 Å². The molecule has 0 N–H and O–H groups in total. The Bertz CT molecular complexity index is 2600. The van der Waals surface area contributed by atoms with Crippen LogP contribution in [-0.4, -0.2) is 9.13 Å². The fourth-order valence-electron chi connectivity index (χ4n) is 7.57. The fraction of sp³-hybridized carbons (Fsp3) is 0.196. The van der Waals surface area contributed by atoms with Crippen LogP contribution >= 0.6 is 0 Å². The lowest BCUT2D eigenvalue weighted by Crippen LogP contribution is -2.12. The molecule has 0 unspecified atom stereocenters. The van der Waals surface area contributed by atoms with E-state index in [2.05, 4.69) is 71.9 Å². The standard InChI is InChI=1S/C46H38F3N3/c1-44(2,3)30-18-20-39-35(23-30)33-14-7-9-16-37(33)51(39)41-25-32(46(47,48)49)26-42(43(41)29-13-11-12-28(22-29)27-50)52-38-17-10-8-15-34(38)36-24-31(45(4,5)6)19-21-40(36)52/h7-26H,1-6H3. The molecule has 0 bridgehead atoms. The quantitative estimate of drug-likeness (QED) is 0.182. The second-order valence-electron chi connectivity index (χ2n) is 15.7. The molecule has 0 radical (unpaired) electrons. The molecule has 0 saturated heterocycles. The topological polar surface area (TPSA) is 33.6 Å². The number of rotatable bonds is 3. The van der Waals surface area contributed by atoms with E-state index in [-0.39, 0.29) is 10.8 Å². The highest BCUT2D eigenvalue weighted by Crippen LogP contribution is 2.46. The predicted molar refractivity (Wildman–Crippen MR) is 208 cm³/mol. The average molecular weight is 690 g/mol. The molecule has 258 valence electrons. The first-order valence-electron chi connectivity index (χ1n) is 17.5. The van der Waals surface area contributed by atoms with Crippen LogP contribution in [0.3, 0.4) is 0 Å². The number of fused-ring (bicyclic) bond motifs is 6. The SMILES string of the molecule is CC(C)(C)c1ccc2c(c1)c1ccccc1n2-c1cc(C(F)(F)F)cc(-n2c3ccccc3c3cc(C(C)(C)C)ccc32)c1-c1cccc(C#N)c1. The van der Waals surface area contributed by atoms with E-state index in [1.807, 2.05) is 75.9 Å². The van der Waals surface area contributed by atoms with Gasteiger partial charge in [-0.05, 0) is 88.2 Å². The number of para-hydroxylation sites is 2. The van der Waals surface area contributed by atoms with Crippen molar-refractivity contribution in [2.45, 2.75) is 58.5 Å². The van der Waals surface area contributed by atoms with Gasteiger partial charge in [-0.15, -0.1) is 0 Å². The summed E-state index contributed by atoms with van der Waals surface area (Å²) in [6.07, 6.45) is -4.65. The summed E-state index contributed by atoms with van der Waals surface area (Å²) in [6.45, 7) is 12.9. The maximum atomic E-state index is 15.2. The first-order chi connectivity index (χ1) is 24.6. The normalized spacial score (nSPS) is 12.7. The van der Waals surface area contributed by atoms with Gasteiger partial charge in [-0.3, -0.25) is 0 Å². The minimum absolute atomic E-state index is 0.132. The molecule has 8 aromatic rings. The highest BCUT2D eigenvalue weighted by molar-refractivity contribution is 6.12. The number of hydrogen-bond donors (Lipinski definition) is 0. The Labute approximate surface area is 301 Å². The molecule has 2 heterocycles. The maximum absolute atomic E-state index is 15.2. The maximum Gasteiger partial charge on any atom is 0.416 e. The summed E-state index contributed by atoms with van der Waals surface area (Å²) in [4.78, 5) is 0. The van der Waals surface area contributed by atoms with Crippen LogP contribution in [0.5, 0.6) is 0 Å². The first kappa shape index (κ1) is 33.3. The van der Waals surface area contributed by atoms with Crippen molar-refractivity contribution in [3.05, 3.63) is 144 Å². The van der Waals surface area contributed by atoms with Crippen LogP contribution < -0.4 is 0 Å². The summed E-state index contributed by atoms with van der Waals surface area (Å²) >= 11 is 0. The third kappa shape index (κ3) is 5.35. The summed E-state index contributed by atoms with van der Waals surface area (Å²) < 4.78 is 49.7. The van der Waals surface area contributed by atoms with Crippen LogP contribution in [-0.2, 0) is 17.0 Å². The van der Waals surface area contributed by atoms with E-state index in [0.717, 1.165) is 54.7 Å². The largest absolute Gasteiger partial charge is 0.416 e. The van der Waals surface area contributed by atoms with Gasteiger partial charge in [0.2, 0.25) is 0 Å². The molecule has 0 spiro atoms. The second-order valence-corrected chi connectivity index (χ2v) is 15.7.